The molecule has 6 nitrogen and oxygen atoms in total. The number of carbonyl (C=O) groups is 1. The zero-order valence-corrected chi connectivity index (χ0v) is 12.8. The van der Waals surface area contributed by atoms with Crippen molar-refractivity contribution in [2.45, 2.75) is 39.8 Å². The van der Waals surface area contributed by atoms with Gasteiger partial charge in [-0.05, 0) is 31.9 Å². The highest BCUT2D eigenvalue weighted by atomic mass is 16.5. The largest absolute Gasteiger partial charge is 0.489 e. The van der Waals surface area contributed by atoms with Gasteiger partial charge in [0.25, 0.3) is 0 Å². The summed E-state index contributed by atoms with van der Waals surface area (Å²) < 4.78 is 7.44. The van der Waals surface area contributed by atoms with E-state index in [1.54, 1.807) is 4.57 Å². The van der Waals surface area contributed by atoms with E-state index in [0.717, 1.165) is 5.52 Å². The fourth-order valence-corrected chi connectivity index (χ4v) is 2.50. The van der Waals surface area contributed by atoms with Crippen LogP contribution in [0.25, 0.3) is 11.0 Å². The predicted molar refractivity (Wildman–Crippen MR) is 83.0 cm³/mol. The summed E-state index contributed by atoms with van der Waals surface area (Å²) in [5.74, 6) is 0.505. The van der Waals surface area contributed by atoms with Gasteiger partial charge in [0.05, 0.1) is 11.6 Å². The number of aromatic nitrogens is 2. The van der Waals surface area contributed by atoms with Crippen molar-refractivity contribution in [3.05, 3.63) is 18.2 Å². The minimum Gasteiger partial charge on any atom is -0.489 e. The number of hydrogen-bond acceptors (Lipinski definition) is 4. The lowest BCUT2D eigenvalue weighted by Gasteiger charge is -2.21. The SMILES string of the molecule is CC(C)Oc1cccc2c1nc(N)n2C(C(N)=O)C(C)C. The van der Waals surface area contributed by atoms with E-state index < -0.39 is 11.9 Å². The number of amides is 1. The molecule has 4 N–H and O–H groups in total. The number of nitrogens with two attached hydrogens (primary N) is 2. The van der Waals surface area contributed by atoms with Gasteiger partial charge in [-0.15, -0.1) is 0 Å². The minimum absolute atomic E-state index is 0.0110. The Kier molecular flexibility index (Phi) is 4.06. The van der Waals surface area contributed by atoms with Crippen molar-refractivity contribution in [1.82, 2.24) is 9.55 Å². The number of hydrogen-bond donors (Lipinski definition) is 2. The van der Waals surface area contributed by atoms with E-state index in [9.17, 15) is 4.79 Å². The molecule has 0 aliphatic carbocycles. The van der Waals surface area contributed by atoms with Gasteiger partial charge in [0.2, 0.25) is 11.9 Å². The fraction of sp³-hybridized carbons (Fsp3) is 0.467. The van der Waals surface area contributed by atoms with Gasteiger partial charge in [0.15, 0.2) is 0 Å². The summed E-state index contributed by atoms with van der Waals surface area (Å²) >= 11 is 0. The van der Waals surface area contributed by atoms with Crippen LogP contribution in [0.5, 0.6) is 5.75 Å². The van der Waals surface area contributed by atoms with Crippen molar-refractivity contribution >= 4 is 22.9 Å². The van der Waals surface area contributed by atoms with Crippen LogP contribution in [0.1, 0.15) is 33.7 Å². The Labute approximate surface area is 124 Å². The molecule has 114 valence electrons. The maximum atomic E-state index is 11.8. The van der Waals surface area contributed by atoms with Crippen molar-refractivity contribution < 1.29 is 9.53 Å². The molecule has 1 atom stereocenters. The smallest absolute Gasteiger partial charge is 0.240 e. The van der Waals surface area contributed by atoms with Gasteiger partial charge in [-0.25, -0.2) is 4.98 Å². The third-order valence-electron chi connectivity index (χ3n) is 3.27. The summed E-state index contributed by atoms with van der Waals surface area (Å²) in [7, 11) is 0. The molecule has 2 rings (SSSR count). The van der Waals surface area contributed by atoms with Crippen molar-refractivity contribution in [1.29, 1.82) is 0 Å². The van der Waals surface area contributed by atoms with Crippen LogP contribution in [-0.4, -0.2) is 21.6 Å². The zero-order chi connectivity index (χ0) is 15.7. The number of anilines is 1. The number of nitrogens with zero attached hydrogens (tertiary/aromatic N) is 2. The highest BCUT2D eigenvalue weighted by Crippen LogP contribution is 2.32. The van der Waals surface area contributed by atoms with Gasteiger partial charge >= 0.3 is 0 Å². The fourth-order valence-electron chi connectivity index (χ4n) is 2.50. The van der Waals surface area contributed by atoms with Crippen molar-refractivity contribution in [3.8, 4) is 5.75 Å². The number of imidazole rings is 1. The lowest BCUT2D eigenvalue weighted by atomic mass is 10.0. The average molecular weight is 290 g/mol. The summed E-state index contributed by atoms with van der Waals surface area (Å²) in [6, 6.07) is 5.03. The molecule has 6 heteroatoms. The van der Waals surface area contributed by atoms with E-state index in [2.05, 4.69) is 4.98 Å². The lowest BCUT2D eigenvalue weighted by Crippen LogP contribution is -2.31. The first-order valence-electron chi connectivity index (χ1n) is 7.05. The van der Waals surface area contributed by atoms with Gasteiger partial charge in [-0.1, -0.05) is 19.9 Å². The molecule has 0 saturated carbocycles. The summed E-state index contributed by atoms with van der Waals surface area (Å²) in [6.07, 6.45) is 0.0269. The maximum Gasteiger partial charge on any atom is 0.240 e. The standard InChI is InChI=1S/C15H22N4O2/c1-8(2)13(14(16)20)19-10-6-5-7-11(21-9(3)4)12(10)18-15(19)17/h5-9,13H,1-4H3,(H2,16,20)(H2,17,18). The molecule has 1 aromatic heterocycles. The molecule has 0 bridgehead atoms. The molecule has 0 saturated heterocycles. The van der Waals surface area contributed by atoms with Gasteiger partial charge in [-0.3, -0.25) is 9.36 Å². The molecule has 0 aliphatic rings. The second-order valence-corrected chi connectivity index (χ2v) is 5.72. The Hall–Kier alpha value is -2.24. The van der Waals surface area contributed by atoms with Crippen molar-refractivity contribution in [2.24, 2.45) is 11.7 Å². The predicted octanol–water partition coefficient (Wildman–Crippen LogP) is 2.09. The number of para-hydroxylation sites is 1. The Morgan fingerprint density at radius 3 is 2.48 bits per heavy atom. The van der Waals surface area contributed by atoms with E-state index in [4.69, 9.17) is 16.2 Å². The molecular formula is C15H22N4O2. The van der Waals surface area contributed by atoms with Crippen LogP contribution in [-0.2, 0) is 4.79 Å². The zero-order valence-electron chi connectivity index (χ0n) is 12.8. The van der Waals surface area contributed by atoms with Gasteiger partial charge < -0.3 is 16.2 Å². The molecule has 0 fully saturated rings. The van der Waals surface area contributed by atoms with Crippen LogP contribution in [0.3, 0.4) is 0 Å². The first-order chi connectivity index (χ1) is 9.82. The van der Waals surface area contributed by atoms with Crippen LogP contribution in [0.2, 0.25) is 0 Å². The van der Waals surface area contributed by atoms with Crippen LogP contribution in [0, 0.1) is 5.92 Å². The quantitative estimate of drug-likeness (QED) is 0.881. The summed E-state index contributed by atoms with van der Waals surface area (Å²) in [5.41, 5.74) is 13.0. The van der Waals surface area contributed by atoms with Crippen LogP contribution < -0.4 is 16.2 Å². The molecule has 1 amide bonds. The van der Waals surface area contributed by atoms with Gasteiger partial charge in [0.1, 0.15) is 17.3 Å². The second kappa shape index (κ2) is 5.63. The lowest BCUT2D eigenvalue weighted by molar-refractivity contribution is -0.122. The van der Waals surface area contributed by atoms with E-state index in [0.29, 0.717) is 11.3 Å². The Morgan fingerprint density at radius 1 is 1.29 bits per heavy atom. The van der Waals surface area contributed by atoms with E-state index in [-0.39, 0.29) is 18.0 Å². The minimum atomic E-state index is -0.538. The Bertz CT molecular complexity index is 661. The molecular weight excluding hydrogens is 268 g/mol. The number of benzene rings is 1. The first kappa shape index (κ1) is 15.2. The third kappa shape index (κ3) is 2.79. The molecule has 1 unspecified atom stereocenters. The molecule has 1 heterocycles. The van der Waals surface area contributed by atoms with Crippen LogP contribution in [0.4, 0.5) is 5.95 Å². The van der Waals surface area contributed by atoms with Crippen LogP contribution >= 0.6 is 0 Å². The van der Waals surface area contributed by atoms with Crippen molar-refractivity contribution in [3.63, 3.8) is 0 Å². The van der Waals surface area contributed by atoms with Crippen molar-refractivity contribution in [2.75, 3.05) is 5.73 Å². The van der Waals surface area contributed by atoms with Crippen LogP contribution in [0.15, 0.2) is 18.2 Å². The monoisotopic (exact) mass is 290 g/mol. The average Bonchev–Trinajstić information content (AvgIpc) is 2.67. The van der Waals surface area contributed by atoms with Gasteiger partial charge in [0, 0.05) is 0 Å². The first-order valence-corrected chi connectivity index (χ1v) is 7.05. The number of carbonyl (C=O) groups excluding carboxylic acids is 1. The third-order valence-corrected chi connectivity index (χ3v) is 3.27. The maximum absolute atomic E-state index is 11.8. The Morgan fingerprint density at radius 2 is 1.95 bits per heavy atom. The molecule has 0 radical (unpaired) electrons. The normalized spacial score (nSPS) is 13.0. The molecule has 0 spiro atoms. The molecule has 1 aromatic carbocycles. The summed E-state index contributed by atoms with van der Waals surface area (Å²) in [6.45, 7) is 7.74. The molecule has 0 aliphatic heterocycles. The number of primary amides is 1. The number of ether oxygens (including phenoxy) is 1. The second-order valence-electron chi connectivity index (χ2n) is 5.72. The number of nitrogen functional groups attached to an aromatic ring is 1. The number of fused-ring (bicyclic) bond motifs is 1. The molecule has 21 heavy (non-hydrogen) atoms. The van der Waals surface area contributed by atoms with E-state index in [1.807, 2.05) is 45.9 Å². The highest BCUT2D eigenvalue weighted by Gasteiger charge is 2.26. The van der Waals surface area contributed by atoms with Gasteiger partial charge in [-0.2, -0.15) is 0 Å². The number of rotatable bonds is 5. The summed E-state index contributed by atoms with van der Waals surface area (Å²) in [4.78, 5) is 16.1. The molecule has 2 aromatic rings. The van der Waals surface area contributed by atoms with E-state index >= 15 is 0 Å². The highest BCUT2D eigenvalue weighted by molar-refractivity contribution is 5.88. The summed E-state index contributed by atoms with van der Waals surface area (Å²) in [5, 5.41) is 0. The van der Waals surface area contributed by atoms with E-state index in [1.165, 1.54) is 0 Å². The topological polar surface area (TPSA) is 96.2 Å². The Balaban J connectivity index is 2.65.